The van der Waals surface area contributed by atoms with Crippen molar-refractivity contribution < 1.29 is 4.52 Å². The van der Waals surface area contributed by atoms with Gasteiger partial charge in [-0.1, -0.05) is 23.7 Å². The molecule has 0 bridgehead atoms. The van der Waals surface area contributed by atoms with Crippen LogP contribution in [0.25, 0.3) is 11.0 Å². The molecule has 2 aromatic rings. The van der Waals surface area contributed by atoms with Gasteiger partial charge in [0.25, 0.3) is 0 Å². The first-order chi connectivity index (χ1) is 8.34. The Bertz CT molecular complexity index is 512. The summed E-state index contributed by atoms with van der Waals surface area (Å²) >= 11 is 0. The summed E-state index contributed by atoms with van der Waals surface area (Å²) in [6.45, 7) is 3.14. The monoisotopic (exact) mass is 230 g/mol. The van der Waals surface area contributed by atoms with Crippen LogP contribution in [-0.2, 0) is 6.42 Å². The van der Waals surface area contributed by atoms with Crippen LogP contribution in [0.3, 0.4) is 0 Å². The number of fused-ring (bicyclic) bond motifs is 1. The molecule has 1 aromatic carbocycles. The van der Waals surface area contributed by atoms with Crippen molar-refractivity contribution in [1.29, 1.82) is 0 Å². The largest absolute Gasteiger partial charge is 0.356 e. The van der Waals surface area contributed by atoms with E-state index in [9.17, 15) is 0 Å². The van der Waals surface area contributed by atoms with Gasteiger partial charge in [0.15, 0.2) is 5.58 Å². The molecular formula is C14H18N2O. The Morgan fingerprint density at radius 2 is 2.35 bits per heavy atom. The van der Waals surface area contributed by atoms with Crippen molar-refractivity contribution in [3.8, 4) is 0 Å². The van der Waals surface area contributed by atoms with E-state index >= 15 is 0 Å². The van der Waals surface area contributed by atoms with Gasteiger partial charge in [-0.15, -0.1) is 0 Å². The number of nitrogens with zero attached hydrogens (tertiary/aromatic N) is 1. The number of aryl methyl sites for hydroxylation is 1. The first-order valence-corrected chi connectivity index (χ1v) is 6.42. The number of piperidine rings is 1. The second-order valence-corrected chi connectivity index (χ2v) is 4.91. The second-order valence-electron chi connectivity index (χ2n) is 4.91. The zero-order valence-corrected chi connectivity index (χ0v) is 10.2. The van der Waals surface area contributed by atoms with E-state index in [2.05, 4.69) is 28.7 Å². The standard InChI is InChI=1S/C14H18N2O/c1-10-13-7-4-5-11(14(13)17-16-10)9-12-6-2-3-8-15-12/h4-5,7,12,15H,2-3,6,8-9H2,1H3. The molecule has 1 aliphatic rings. The summed E-state index contributed by atoms with van der Waals surface area (Å²) in [7, 11) is 0. The molecule has 3 nitrogen and oxygen atoms in total. The highest BCUT2D eigenvalue weighted by Gasteiger charge is 2.16. The number of para-hydroxylation sites is 1. The number of aromatic nitrogens is 1. The average Bonchev–Trinajstić information content (AvgIpc) is 2.74. The quantitative estimate of drug-likeness (QED) is 0.862. The van der Waals surface area contributed by atoms with Crippen LogP contribution in [0, 0.1) is 6.92 Å². The highest BCUT2D eigenvalue weighted by molar-refractivity contribution is 5.82. The van der Waals surface area contributed by atoms with Crippen molar-refractivity contribution in [2.24, 2.45) is 0 Å². The summed E-state index contributed by atoms with van der Waals surface area (Å²) < 4.78 is 5.44. The van der Waals surface area contributed by atoms with Crippen LogP contribution in [0.15, 0.2) is 22.7 Å². The van der Waals surface area contributed by atoms with Crippen molar-refractivity contribution >= 4 is 11.0 Å². The number of nitrogens with one attached hydrogen (secondary N) is 1. The molecule has 0 spiro atoms. The van der Waals surface area contributed by atoms with Gasteiger partial charge in [0.05, 0.1) is 5.69 Å². The zero-order valence-electron chi connectivity index (χ0n) is 10.2. The molecule has 2 heterocycles. The fourth-order valence-corrected chi connectivity index (χ4v) is 2.67. The third-order valence-electron chi connectivity index (χ3n) is 3.64. The summed E-state index contributed by atoms with van der Waals surface area (Å²) in [5.41, 5.74) is 3.23. The van der Waals surface area contributed by atoms with Crippen LogP contribution in [0.5, 0.6) is 0 Å². The van der Waals surface area contributed by atoms with Gasteiger partial charge in [-0.25, -0.2) is 0 Å². The Morgan fingerprint density at radius 3 is 3.18 bits per heavy atom. The highest BCUT2D eigenvalue weighted by Crippen LogP contribution is 2.24. The molecular weight excluding hydrogens is 212 g/mol. The molecule has 0 aliphatic carbocycles. The lowest BCUT2D eigenvalue weighted by Crippen LogP contribution is -2.35. The van der Waals surface area contributed by atoms with E-state index in [-0.39, 0.29) is 0 Å². The minimum absolute atomic E-state index is 0.597. The van der Waals surface area contributed by atoms with Crippen molar-refractivity contribution in [2.45, 2.75) is 38.6 Å². The van der Waals surface area contributed by atoms with Gasteiger partial charge in [0, 0.05) is 11.4 Å². The third-order valence-corrected chi connectivity index (χ3v) is 3.64. The van der Waals surface area contributed by atoms with E-state index in [4.69, 9.17) is 4.52 Å². The minimum atomic E-state index is 0.597. The zero-order chi connectivity index (χ0) is 11.7. The van der Waals surface area contributed by atoms with E-state index < -0.39 is 0 Å². The molecule has 0 amide bonds. The Morgan fingerprint density at radius 1 is 1.41 bits per heavy atom. The van der Waals surface area contributed by atoms with Crippen molar-refractivity contribution in [3.63, 3.8) is 0 Å². The number of benzene rings is 1. The van der Waals surface area contributed by atoms with Crippen LogP contribution in [0.2, 0.25) is 0 Å². The fraction of sp³-hybridized carbons (Fsp3) is 0.500. The molecule has 1 atom stereocenters. The maximum Gasteiger partial charge on any atom is 0.170 e. The lowest BCUT2D eigenvalue weighted by atomic mass is 9.97. The molecule has 1 aromatic heterocycles. The topological polar surface area (TPSA) is 38.1 Å². The first-order valence-electron chi connectivity index (χ1n) is 6.42. The average molecular weight is 230 g/mol. The molecule has 1 unspecified atom stereocenters. The predicted molar refractivity (Wildman–Crippen MR) is 68.1 cm³/mol. The summed E-state index contributed by atoms with van der Waals surface area (Å²) in [6, 6.07) is 6.94. The normalized spacial score (nSPS) is 20.9. The molecule has 1 N–H and O–H groups in total. The van der Waals surface area contributed by atoms with E-state index in [0.29, 0.717) is 6.04 Å². The van der Waals surface area contributed by atoms with Crippen LogP contribution in [-0.4, -0.2) is 17.7 Å². The molecule has 1 fully saturated rings. The van der Waals surface area contributed by atoms with Gasteiger partial charge in [-0.2, -0.15) is 0 Å². The van der Waals surface area contributed by atoms with E-state index in [1.807, 2.05) is 6.92 Å². The van der Waals surface area contributed by atoms with Gasteiger partial charge in [0.2, 0.25) is 0 Å². The summed E-state index contributed by atoms with van der Waals surface area (Å²) in [4.78, 5) is 0. The van der Waals surface area contributed by atoms with Crippen molar-refractivity contribution in [3.05, 3.63) is 29.5 Å². The van der Waals surface area contributed by atoms with Crippen LogP contribution in [0.1, 0.15) is 30.5 Å². The molecule has 3 rings (SSSR count). The maximum absolute atomic E-state index is 5.44. The predicted octanol–water partition coefficient (Wildman–Crippen LogP) is 2.82. The van der Waals surface area contributed by atoms with Gasteiger partial charge in [0.1, 0.15) is 0 Å². The van der Waals surface area contributed by atoms with Gasteiger partial charge >= 0.3 is 0 Å². The number of hydrogen-bond acceptors (Lipinski definition) is 3. The molecule has 1 aliphatic heterocycles. The second kappa shape index (κ2) is 4.49. The summed E-state index contributed by atoms with van der Waals surface area (Å²) in [5, 5.41) is 8.78. The van der Waals surface area contributed by atoms with Crippen molar-refractivity contribution in [1.82, 2.24) is 10.5 Å². The SMILES string of the molecule is Cc1noc2c(CC3CCCCN3)cccc12. The Kier molecular flexibility index (Phi) is 2.85. The first kappa shape index (κ1) is 10.8. The molecule has 0 saturated carbocycles. The van der Waals surface area contributed by atoms with Crippen LogP contribution < -0.4 is 5.32 Å². The lowest BCUT2D eigenvalue weighted by molar-refractivity contribution is 0.396. The Labute approximate surface area is 101 Å². The molecule has 17 heavy (non-hydrogen) atoms. The molecule has 3 heteroatoms. The maximum atomic E-state index is 5.44. The fourth-order valence-electron chi connectivity index (χ4n) is 2.67. The van der Waals surface area contributed by atoms with Gasteiger partial charge in [-0.05, 0) is 44.4 Å². The van der Waals surface area contributed by atoms with E-state index in [1.165, 1.54) is 24.8 Å². The van der Waals surface area contributed by atoms with E-state index in [0.717, 1.165) is 29.6 Å². The van der Waals surface area contributed by atoms with Crippen LogP contribution in [0.4, 0.5) is 0 Å². The number of rotatable bonds is 2. The summed E-state index contributed by atoms with van der Waals surface area (Å²) in [6.07, 6.45) is 4.96. The third kappa shape index (κ3) is 2.07. The molecule has 1 saturated heterocycles. The smallest absolute Gasteiger partial charge is 0.170 e. The molecule has 90 valence electrons. The van der Waals surface area contributed by atoms with Gasteiger partial charge < -0.3 is 9.84 Å². The molecule has 0 radical (unpaired) electrons. The highest BCUT2D eigenvalue weighted by atomic mass is 16.5. The van der Waals surface area contributed by atoms with E-state index in [1.54, 1.807) is 0 Å². The van der Waals surface area contributed by atoms with Crippen molar-refractivity contribution in [2.75, 3.05) is 6.54 Å². The number of hydrogen-bond donors (Lipinski definition) is 1. The summed E-state index contributed by atoms with van der Waals surface area (Å²) in [5.74, 6) is 0. The Hall–Kier alpha value is -1.35. The lowest BCUT2D eigenvalue weighted by Gasteiger charge is -2.23. The Balaban J connectivity index is 1.89. The van der Waals surface area contributed by atoms with Crippen LogP contribution >= 0.6 is 0 Å². The van der Waals surface area contributed by atoms with Gasteiger partial charge in [-0.3, -0.25) is 0 Å². The minimum Gasteiger partial charge on any atom is -0.356 e.